The Morgan fingerprint density at radius 3 is 2.86 bits per heavy atom. The molecule has 0 radical (unpaired) electrons. The highest BCUT2D eigenvalue weighted by Crippen LogP contribution is 2.53. The summed E-state index contributed by atoms with van der Waals surface area (Å²) in [6.07, 6.45) is 3.63. The molecule has 110 valence electrons. The molecule has 0 aromatic heterocycles. The van der Waals surface area contributed by atoms with Gasteiger partial charge in [-0.2, -0.15) is 0 Å². The Hall–Kier alpha value is -1.56. The Kier molecular flexibility index (Phi) is 2.17. The third-order valence-electron chi connectivity index (χ3n) is 5.45. The summed E-state index contributed by atoms with van der Waals surface area (Å²) in [5.41, 5.74) is 1.89. The summed E-state index contributed by atoms with van der Waals surface area (Å²) in [7, 11) is 0. The molecule has 0 amide bonds. The monoisotopic (exact) mass is 287 g/mol. The Morgan fingerprint density at radius 2 is 2.00 bits per heavy atom. The summed E-state index contributed by atoms with van der Waals surface area (Å²) < 4.78 is 11.0. The van der Waals surface area contributed by atoms with E-state index < -0.39 is 17.6 Å². The zero-order chi connectivity index (χ0) is 14.2. The van der Waals surface area contributed by atoms with E-state index in [0.29, 0.717) is 13.0 Å². The first-order valence-electron chi connectivity index (χ1n) is 7.41. The molecule has 3 unspecified atom stereocenters. The third kappa shape index (κ3) is 1.36. The lowest BCUT2D eigenvalue weighted by atomic mass is 9.65. The number of fused-ring (bicyclic) bond motifs is 2. The zero-order valence-electron chi connectivity index (χ0n) is 11.5. The van der Waals surface area contributed by atoms with Gasteiger partial charge in [-0.3, -0.25) is 4.90 Å². The van der Waals surface area contributed by atoms with Crippen molar-refractivity contribution < 1.29 is 19.7 Å². The summed E-state index contributed by atoms with van der Waals surface area (Å²) in [5.74, 6) is 1.55. The van der Waals surface area contributed by atoms with Crippen LogP contribution in [0.15, 0.2) is 24.3 Å². The van der Waals surface area contributed by atoms with Crippen molar-refractivity contribution in [2.75, 3.05) is 13.3 Å². The topological polar surface area (TPSA) is 62.2 Å². The van der Waals surface area contributed by atoms with Crippen molar-refractivity contribution in [2.24, 2.45) is 0 Å². The summed E-state index contributed by atoms with van der Waals surface area (Å²) >= 11 is 0. The van der Waals surface area contributed by atoms with E-state index in [1.807, 2.05) is 24.3 Å². The van der Waals surface area contributed by atoms with Crippen LogP contribution in [0.2, 0.25) is 0 Å². The first-order valence-corrected chi connectivity index (χ1v) is 7.41. The second kappa shape index (κ2) is 3.80. The lowest BCUT2D eigenvalue weighted by Crippen LogP contribution is -2.52. The van der Waals surface area contributed by atoms with Crippen molar-refractivity contribution in [1.82, 2.24) is 4.90 Å². The van der Waals surface area contributed by atoms with Gasteiger partial charge in [-0.1, -0.05) is 12.2 Å². The van der Waals surface area contributed by atoms with E-state index in [-0.39, 0.29) is 12.8 Å². The van der Waals surface area contributed by atoms with Gasteiger partial charge in [0.25, 0.3) is 0 Å². The van der Waals surface area contributed by atoms with Crippen molar-refractivity contribution in [3.63, 3.8) is 0 Å². The Labute approximate surface area is 122 Å². The largest absolute Gasteiger partial charge is 0.454 e. The maximum Gasteiger partial charge on any atom is 0.231 e. The van der Waals surface area contributed by atoms with Gasteiger partial charge in [0, 0.05) is 19.1 Å². The molecular weight excluding hydrogens is 270 g/mol. The highest BCUT2D eigenvalue weighted by Gasteiger charge is 2.58. The summed E-state index contributed by atoms with van der Waals surface area (Å²) in [4.78, 5) is 2.28. The van der Waals surface area contributed by atoms with Crippen molar-refractivity contribution in [3.8, 4) is 11.5 Å². The maximum absolute atomic E-state index is 10.7. The summed E-state index contributed by atoms with van der Waals surface area (Å²) in [6.45, 7) is 1.69. The molecule has 5 heteroatoms. The molecule has 1 fully saturated rings. The Bertz CT molecular complexity index is 658. The number of ether oxygens (including phenoxy) is 2. The normalized spacial score (nSPS) is 41.8. The van der Waals surface area contributed by atoms with Crippen molar-refractivity contribution >= 4 is 0 Å². The lowest BCUT2D eigenvalue weighted by Gasteiger charge is -2.45. The van der Waals surface area contributed by atoms with Gasteiger partial charge in [0.2, 0.25) is 6.79 Å². The number of hydrogen-bond donors (Lipinski definition) is 2. The molecule has 5 atom stereocenters. The number of benzene rings is 1. The molecule has 5 nitrogen and oxygen atoms in total. The molecule has 3 heterocycles. The van der Waals surface area contributed by atoms with E-state index in [0.717, 1.165) is 23.6 Å². The van der Waals surface area contributed by atoms with Crippen molar-refractivity contribution in [2.45, 2.75) is 36.6 Å². The number of aliphatic hydroxyl groups excluding tert-OH is 2. The fourth-order valence-electron chi connectivity index (χ4n) is 4.53. The molecule has 1 aliphatic carbocycles. The minimum atomic E-state index is -0.451. The van der Waals surface area contributed by atoms with E-state index in [9.17, 15) is 10.2 Å². The van der Waals surface area contributed by atoms with Crippen LogP contribution in [0.5, 0.6) is 11.5 Å². The Balaban J connectivity index is 1.76. The molecule has 3 aliphatic heterocycles. The zero-order valence-corrected chi connectivity index (χ0v) is 11.5. The SMILES string of the molecule is OC1CN2Cc3cc4c(cc3[C@]13C=C[C@@H](O)CC23)OCO4. The van der Waals surface area contributed by atoms with Gasteiger partial charge in [-0.25, -0.2) is 0 Å². The highest BCUT2D eigenvalue weighted by atomic mass is 16.7. The maximum atomic E-state index is 10.7. The molecule has 1 aromatic rings. The summed E-state index contributed by atoms with van der Waals surface area (Å²) in [6, 6.07) is 4.22. The van der Waals surface area contributed by atoms with Gasteiger partial charge < -0.3 is 19.7 Å². The van der Waals surface area contributed by atoms with E-state index in [4.69, 9.17) is 9.47 Å². The van der Waals surface area contributed by atoms with Crippen LogP contribution in [0.4, 0.5) is 0 Å². The predicted molar refractivity (Wildman–Crippen MR) is 74.2 cm³/mol. The van der Waals surface area contributed by atoms with E-state index in [1.165, 1.54) is 5.56 Å². The van der Waals surface area contributed by atoms with E-state index >= 15 is 0 Å². The molecule has 0 spiro atoms. The first-order chi connectivity index (χ1) is 10.2. The number of hydrogen-bond acceptors (Lipinski definition) is 5. The van der Waals surface area contributed by atoms with Crippen LogP contribution >= 0.6 is 0 Å². The minimum Gasteiger partial charge on any atom is -0.454 e. The predicted octanol–water partition coefficient (Wildman–Crippen LogP) is 0.533. The van der Waals surface area contributed by atoms with E-state index in [1.54, 1.807) is 0 Å². The van der Waals surface area contributed by atoms with Gasteiger partial charge in [-0.05, 0) is 29.7 Å². The van der Waals surface area contributed by atoms with Crippen molar-refractivity contribution in [3.05, 3.63) is 35.4 Å². The third-order valence-corrected chi connectivity index (χ3v) is 5.45. The van der Waals surface area contributed by atoms with Crippen LogP contribution in [-0.4, -0.2) is 46.7 Å². The average molecular weight is 287 g/mol. The van der Waals surface area contributed by atoms with Crippen LogP contribution in [0.3, 0.4) is 0 Å². The molecule has 2 bridgehead atoms. The van der Waals surface area contributed by atoms with Gasteiger partial charge in [0.15, 0.2) is 11.5 Å². The molecule has 0 saturated carbocycles. The van der Waals surface area contributed by atoms with Crippen LogP contribution < -0.4 is 9.47 Å². The van der Waals surface area contributed by atoms with E-state index in [2.05, 4.69) is 4.90 Å². The molecule has 5 rings (SSSR count). The summed E-state index contributed by atoms with van der Waals surface area (Å²) in [5, 5.41) is 20.7. The number of rotatable bonds is 0. The molecule has 4 aliphatic rings. The van der Waals surface area contributed by atoms with Gasteiger partial charge in [-0.15, -0.1) is 0 Å². The smallest absolute Gasteiger partial charge is 0.231 e. The first kappa shape index (κ1) is 12.0. The molecule has 2 N–H and O–H groups in total. The Morgan fingerprint density at radius 1 is 1.19 bits per heavy atom. The molecular formula is C16H17NO4. The fraction of sp³-hybridized carbons (Fsp3) is 0.500. The fourth-order valence-corrected chi connectivity index (χ4v) is 4.53. The van der Waals surface area contributed by atoms with Crippen LogP contribution in [0, 0.1) is 0 Å². The highest BCUT2D eigenvalue weighted by molar-refractivity contribution is 5.56. The van der Waals surface area contributed by atoms with Gasteiger partial charge in [0.1, 0.15) is 0 Å². The van der Waals surface area contributed by atoms with Crippen molar-refractivity contribution in [1.29, 1.82) is 0 Å². The molecule has 1 saturated heterocycles. The quantitative estimate of drug-likeness (QED) is 0.682. The number of aliphatic hydroxyl groups is 2. The molecule has 21 heavy (non-hydrogen) atoms. The van der Waals surface area contributed by atoms with Crippen LogP contribution in [0.1, 0.15) is 17.5 Å². The standard InChI is InChI=1S/C16H17NO4/c18-10-1-2-16-11-5-13-12(20-8-21-13)3-9(11)6-17(7-15(16)19)14(16)4-10/h1-3,5,10,14-15,18-19H,4,6-8H2/t10-,14?,15?,16+/m1/s1. The number of nitrogens with zero attached hydrogens (tertiary/aromatic N) is 1. The minimum absolute atomic E-state index is 0.153. The second-order valence-electron chi connectivity index (χ2n) is 6.42. The van der Waals surface area contributed by atoms with Crippen LogP contribution in [0.25, 0.3) is 0 Å². The molecule has 1 aromatic carbocycles. The van der Waals surface area contributed by atoms with Gasteiger partial charge >= 0.3 is 0 Å². The van der Waals surface area contributed by atoms with Gasteiger partial charge in [0.05, 0.1) is 17.6 Å². The second-order valence-corrected chi connectivity index (χ2v) is 6.42. The average Bonchev–Trinajstić information content (AvgIpc) is 2.99. The lowest BCUT2D eigenvalue weighted by molar-refractivity contribution is 0.0937. The van der Waals surface area contributed by atoms with Crippen LogP contribution in [-0.2, 0) is 12.0 Å².